The van der Waals surface area contributed by atoms with Crippen LogP contribution in [0.4, 0.5) is 0 Å². The Morgan fingerprint density at radius 3 is 2.71 bits per heavy atom. The number of aliphatic hydroxyl groups excluding tert-OH is 1. The van der Waals surface area contributed by atoms with Crippen LogP contribution < -0.4 is 0 Å². The molecule has 1 aliphatic heterocycles. The second-order valence-corrected chi connectivity index (χ2v) is 4.41. The van der Waals surface area contributed by atoms with Crippen molar-refractivity contribution in [2.75, 3.05) is 6.61 Å². The zero-order valence-corrected chi connectivity index (χ0v) is 10.0. The van der Waals surface area contributed by atoms with Crippen LogP contribution >= 0.6 is 0 Å². The van der Waals surface area contributed by atoms with E-state index in [0.717, 1.165) is 25.7 Å². The standard InChI is InChI=1S/C14H20O3/c15-10-6-2-5-9-13-14(17-13)16-11-12-7-3-1-4-8-12/h1,3-4,7-8,13-15H,2,5-6,9-11H2. The third-order valence-corrected chi connectivity index (χ3v) is 2.94. The Morgan fingerprint density at radius 2 is 1.94 bits per heavy atom. The summed E-state index contributed by atoms with van der Waals surface area (Å²) in [6.07, 6.45) is 4.38. The van der Waals surface area contributed by atoms with Gasteiger partial charge in [0, 0.05) is 6.61 Å². The van der Waals surface area contributed by atoms with Gasteiger partial charge in [0.2, 0.25) is 0 Å². The second kappa shape index (κ2) is 6.74. The van der Waals surface area contributed by atoms with Crippen molar-refractivity contribution in [2.24, 2.45) is 0 Å². The van der Waals surface area contributed by atoms with Gasteiger partial charge in [0.05, 0.1) is 6.61 Å². The predicted octanol–water partition coefficient (Wildman–Crippen LogP) is 2.48. The maximum absolute atomic E-state index is 8.65. The lowest BCUT2D eigenvalue weighted by atomic mass is 10.1. The monoisotopic (exact) mass is 236 g/mol. The van der Waals surface area contributed by atoms with E-state index in [1.807, 2.05) is 18.2 Å². The number of hydrogen-bond acceptors (Lipinski definition) is 3. The van der Waals surface area contributed by atoms with E-state index in [9.17, 15) is 0 Å². The van der Waals surface area contributed by atoms with Crippen LogP contribution in [-0.4, -0.2) is 24.1 Å². The Hall–Kier alpha value is -0.900. The van der Waals surface area contributed by atoms with E-state index in [0.29, 0.717) is 13.2 Å². The average Bonchev–Trinajstić information content (AvgIpc) is 3.12. The third kappa shape index (κ3) is 4.46. The third-order valence-electron chi connectivity index (χ3n) is 2.94. The summed E-state index contributed by atoms with van der Waals surface area (Å²) in [5.74, 6) is 0. The molecule has 1 fully saturated rings. The van der Waals surface area contributed by atoms with Gasteiger partial charge in [-0.3, -0.25) is 0 Å². The van der Waals surface area contributed by atoms with Crippen molar-refractivity contribution >= 4 is 0 Å². The van der Waals surface area contributed by atoms with Crippen LogP contribution in [0, 0.1) is 0 Å². The lowest BCUT2D eigenvalue weighted by Crippen LogP contribution is -2.00. The van der Waals surface area contributed by atoms with Crippen LogP contribution in [0.2, 0.25) is 0 Å². The lowest BCUT2D eigenvalue weighted by molar-refractivity contribution is 0.0385. The summed E-state index contributed by atoms with van der Waals surface area (Å²) in [6.45, 7) is 0.915. The summed E-state index contributed by atoms with van der Waals surface area (Å²) in [7, 11) is 0. The Kier molecular flexibility index (Phi) is 4.98. The highest BCUT2D eigenvalue weighted by molar-refractivity contribution is 5.13. The number of unbranched alkanes of at least 4 members (excludes halogenated alkanes) is 2. The fourth-order valence-electron chi connectivity index (χ4n) is 1.86. The molecule has 1 aromatic carbocycles. The molecule has 1 N–H and O–H groups in total. The molecule has 0 spiro atoms. The van der Waals surface area contributed by atoms with Crippen LogP contribution in [0.3, 0.4) is 0 Å². The first-order valence-corrected chi connectivity index (χ1v) is 6.32. The Bertz CT molecular complexity index is 313. The van der Waals surface area contributed by atoms with Gasteiger partial charge in [0.1, 0.15) is 6.10 Å². The smallest absolute Gasteiger partial charge is 0.184 e. The Balaban J connectivity index is 1.54. The van der Waals surface area contributed by atoms with Gasteiger partial charge in [-0.25, -0.2) is 0 Å². The maximum atomic E-state index is 8.65. The largest absolute Gasteiger partial charge is 0.396 e. The molecule has 0 saturated carbocycles. The zero-order chi connectivity index (χ0) is 11.9. The van der Waals surface area contributed by atoms with E-state index >= 15 is 0 Å². The van der Waals surface area contributed by atoms with Crippen LogP contribution in [0.25, 0.3) is 0 Å². The van der Waals surface area contributed by atoms with Gasteiger partial charge < -0.3 is 14.6 Å². The Morgan fingerprint density at radius 1 is 1.12 bits per heavy atom. The highest BCUT2D eigenvalue weighted by Crippen LogP contribution is 2.29. The molecule has 2 atom stereocenters. The number of epoxide rings is 1. The van der Waals surface area contributed by atoms with E-state index in [-0.39, 0.29) is 12.4 Å². The summed E-state index contributed by atoms with van der Waals surface area (Å²) in [4.78, 5) is 0. The quantitative estimate of drug-likeness (QED) is 0.557. The molecule has 3 nitrogen and oxygen atoms in total. The molecule has 0 bridgehead atoms. The number of rotatable bonds is 8. The fourth-order valence-corrected chi connectivity index (χ4v) is 1.86. The minimum Gasteiger partial charge on any atom is -0.396 e. The first-order valence-electron chi connectivity index (χ1n) is 6.32. The summed E-state index contributed by atoms with van der Waals surface area (Å²) in [6, 6.07) is 10.1. The zero-order valence-electron chi connectivity index (χ0n) is 10.0. The van der Waals surface area contributed by atoms with Crippen LogP contribution in [0.1, 0.15) is 31.2 Å². The summed E-state index contributed by atoms with van der Waals surface area (Å²) in [5.41, 5.74) is 1.18. The van der Waals surface area contributed by atoms with E-state index in [2.05, 4.69) is 12.1 Å². The highest BCUT2D eigenvalue weighted by atomic mass is 16.8. The van der Waals surface area contributed by atoms with Gasteiger partial charge in [-0.15, -0.1) is 0 Å². The summed E-state index contributed by atoms with van der Waals surface area (Å²) >= 11 is 0. The van der Waals surface area contributed by atoms with Crippen molar-refractivity contribution in [3.05, 3.63) is 35.9 Å². The minimum atomic E-state index is -0.00988. The molecule has 1 aromatic rings. The lowest BCUT2D eigenvalue weighted by Gasteiger charge is -2.00. The SMILES string of the molecule is OCCCCCC1OC1OCc1ccccc1. The molecular formula is C14H20O3. The molecule has 0 aliphatic carbocycles. The number of benzene rings is 1. The molecule has 2 unspecified atom stereocenters. The van der Waals surface area contributed by atoms with Gasteiger partial charge in [-0.1, -0.05) is 43.2 Å². The molecule has 3 heteroatoms. The molecule has 2 rings (SSSR count). The van der Waals surface area contributed by atoms with Gasteiger partial charge in [0.15, 0.2) is 6.29 Å². The fraction of sp³-hybridized carbons (Fsp3) is 0.571. The van der Waals surface area contributed by atoms with Crippen LogP contribution in [0.15, 0.2) is 30.3 Å². The molecule has 17 heavy (non-hydrogen) atoms. The van der Waals surface area contributed by atoms with Crippen molar-refractivity contribution in [1.82, 2.24) is 0 Å². The number of aliphatic hydroxyl groups is 1. The van der Waals surface area contributed by atoms with E-state index in [1.165, 1.54) is 5.56 Å². The number of hydrogen-bond donors (Lipinski definition) is 1. The molecule has 0 amide bonds. The Labute approximate surface area is 102 Å². The predicted molar refractivity (Wildman–Crippen MR) is 65.4 cm³/mol. The van der Waals surface area contributed by atoms with E-state index in [1.54, 1.807) is 0 Å². The molecule has 0 aromatic heterocycles. The van der Waals surface area contributed by atoms with Gasteiger partial charge in [-0.05, 0) is 18.4 Å². The van der Waals surface area contributed by atoms with Gasteiger partial charge in [-0.2, -0.15) is 0 Å². The second-order valence-electron chi connectivity index (χ2n) is 4.41. The first-order chi connectivity index (χ1) is 8.40. The van der Waals surface area contributed by atoms with E-state index < -0.39 is 0 Å². The highest BCUT2D eigenvalue weighted by Gasteiger charge is 2.39. The van der Waals surface area contributed by atoms with Gasteiger partial charge >= 0.3 is 0 Å². The van der Waals surface area contributed by atoms with Crippen molar-refractivity contribution in [3.8, 4) is 0 Å². The topological polar surface area (TPSA) is 42.0 Å². The average molecular weight is 236 g/mol. The van der Waals surface area contributed by atoms with Crippen LogP contribution in [-0.2, 0) is 16.1 Å². The number of ether oxygens (including phenoxy) is 2. The molecule has 94 valence electrons. The minimum absolute atomic E-state index is 0.00988. The molecule has 1 aliphatic rings. The molecule has 1 saturated heterocycles. The van der Waals surface area contributed by atoms with Crippen molar-refractivity contribution in [2.45, 2.75) is 44.7 Å². The maximum Gasteiger partial charge on any atom is 0.184 e. The molecular weight excluding hydrogens is 216 g/mol. The van der Waals surface area contributed by atoms with Crippen molar-refractivity contribution < 1.29 is 14.6 Å². The summed E-state index contributed by atoms with van der Waals surface area (Å²) in [5, 5.41) is 8.65. The van der Waals surface area contributed by atoms with E-state index in [4.69, 9.17) is 14.6 Å². The normalized spacial score (nSPS) is 22.6. The van der Waals surface area contributed by atoms with Gasteiger partial charge in [0.25, 0.3) is 0 Å². The molecule has 1 heterocycles. The van der Waals surface area contributed by atoms with Crippen molar-refractivity contribution in [3.63, 3.8) is 0 Å². The summed E-state index contributed by atoms with van der Waals surface area (Å²) < 4.78 is 11.1. The molecule has 0 radical (unpaired) electrons. The van der Waals surface area contributed by atoms with Crippen LogP contribution in [0.5, 0.6) is 0 Å². The van der Waals surface area contributed by atoms with Crippen molar-refractivity contribution in [1.29, 1.82) is 0 Å². The first kappa shape index (κ1) is 12.6.